The second kappa shape index (κ2) is 5.90. The van der Waals surface area contributed by atoms with Gasteiger partial charge in [-0.05, 0) is 25.7 Å². The molecule has 1 saturated heterocycles. The van der Waals surface area contributed by atoms with Gasteiger partial charge in [0.05, 0.1) is 10.8 Å². The third-order valence-corrected chi connectivity index (χ3v) is 4.97. The smallest absolute Gasteiger partial charge is 0.311 e. The van der Waals surface area contributed by atoms with Crippen LogP contribution in [-0.4, -0.2) is 41.5 Å². The zero-order valence-electron chi connectivity index (χ0n) is 12.2. The molecule has 1 fully saturated rings. The van der Waals surface area contributed by atoms with E-state index in [2.05, 4.69) is 0 Å². The molecule has 1 aliphatic rings. The maximum absolute atomic E-state index is 12.6. The molecule has 19 heavy (non-hydrogen) atoms. The first-order chi connectivity index (χ1) is 8.91. The van der Waals surface area contributed by atoms with E-state index in [1.165, 1.54) is 0 Å². The first-order valence-corrected chi connectivity index (χ1v) is 7.14. The van der Waals surface area contributed by atoms with Gasteiger partial charge >= 0.3 is 5.97 Å². The van der Waals surface area contributed by atoms with Gasteiger partial charge in [-0.2, -0.15) is 0 Å². The van der Waals surface area contributed by atoms with Crippen molar-refractivity contribution in [2.45, 2.75) is 46.5 Å². The molecule has 0 aromatic rings. The highest BCUT2D eigenvalue weighted by atomic mass is 16.4. The van der Waals surface area contributed by atoms with Gasteiger partial charge in [-0.3, -0.25) is 9.59 Å². The highest BCUT2D eigenvalue weighted by Gasteiger charge is 2.48. The van der Waals surface area contributed by atoms with E-state index in [1.807, 2.05) is 20.8 Å². The van der Waals surface area contributed by atoms with E-state index >= 15 is 0 Å². The van der Waals surface area contributed by atoms with Crippen molar-refractivity contribution in [2.24, 2.45) is 16.6 Å². The van der Waals surface area contributed by atoms with E-state index < -0.39 is 16.8 Å². The summed E-state index contributed by atoms with van der Waals surface area (Å²) in [5, 5.41) is 9.38. The van der Waals surface area contributed by atoms with Crippen molar-refractivity contribution in [1.82, 2.24) is 4.90 Å². The lowest BCUT2D eigenvalue weighted by Crippen LogP contribution is -2.48. The Hall–Kier alpha value is -1.10. The van der Waals surface area contributed by atoms with E-state index in [-0.39, 0.29) is 5.91 Å². The highest BCUT2D eigenvalue weighted by molar-refractivity contribution is 5.85. The van der Waals surface area contributed by atoms with E-state index in [1.54, 1.807) is 4.90 Å². The first-order valence-electron chi connectivity index (χ1n) is 7.14. The summed E-state index contributed by atoms with van der Waals surface area (Å²) in [6, 6.07) is 0. The van der Waals surface area contributed by atoms with Crippen molar-refractivity contribution >= 4 is 11.9 Å². The summed E-state index contributed by atoms with van der Waals surface area (Å²) >= 11 is 0. The Morgan fingerprint density at radius 1 is 1.32 bits per heavy atom. The van der Waals surface area contributed by atoms with Crippen LogP contribution in [0.5, 0.6) is 0 Å². The van der Waals surface area contributed by atoms with Crippen molar-refractivity contribution in [3.8, 4) is 0 Å². The SMILES string of the molecule is CCC1(C(=O)O)CCN(C(=O)C(CC)(CC)CN)C1. The van der Waals surface area contributed by atoms with E-state index in [9.17, 15) is 14.7 Å². The van der Waals surface area contributed by atoms with Crippen LogP contribution in [0.25, 0.3) is 0 Å². The minimum Gasteiger partial charge on any atom is -0.481 e. The summed E-state index contributed by atoms with van der Waals surface area (Å²) in [6.45, 7) is 6.97. The Bertz CT molecular complexity index is 344. The number of amides is 1. The van der Waals surface area contributed by atoms with Gasteiger partial charge in [0.25, 0.3) is 0 Å². The van der Waals surface area contributed by atoms with Crippen molar-refractivity contribution in [3.05, 3.63) is 0 Å². The molecule has 110 valence electrons. The number of rotatable bonds is 6. The number of nitrogens with zero attached hydrogens (tertiary/aromatic N) is 1. The number of carboxylic acid groups (broad SMARTS) is 1. The minimum atomic E-state index is -0.795. The molecule has 0 bridgehead atoms. The third kappa shape index (κ3) is 2.61. The van der Waals surface area contributed by atoms with Gasteiger partial charge in [0.1, 0.15) is 0 Å². The molecule has 0 saturated carbocycles. The van der Waals surface area contributed by atoms with Crippen LogP contribution in [0.2, 0.25) is 0 Å². The maximum Gasteiger partial charge on any atom is 0.311 e. The van der Waals surface area contributed by atoms with Crippen LogP contribution in [0, 0.1) is 10.8 Å². The van der Waals surface area contributed by atoms with Gasteiger partial charge in [-0.15, -0.1) is 0 Å². The zero-order valence-corrected chi connectivity index (χ0v) is 12.2. The number of aliphatic carboxylic acids is 1. The molecule has 5 heteroatoms. The molecule has 0 aromatic heterocycles. The van der Waals surface area contributed by atoms with Gasteiger partial charge in [-0.25, -0.2) is 0 Å². The molecule has 1 amide bonds. The largest absolute Gasteiger partial charge is 0.481 e. The van der Waals surface area contributed by atoms with Gasteiger partial charge in [0, 0.05) is 19.6 Å². The molecular weight excluding hydrogens is 244 g/mol. The van der Waals surface area contributed by atoms with E-state index in [0.717, 1.165) is 0 Å². The molecule has 0 aliphatic carbocycles. The van der Waals surface area contributed by atoms with Crippen LogP contribution >= 0.6 is 0 Å². The normalized spacial score (nSPS) is 23.7. The number of carbonyl (C=O) groups is 2. The fourth-order valence-electron chi connectivity index (χ4n) is 2.92. The molecule has 1 heterocycles. The molecule has 0 spiro atoms. The Balaban J connectivity index is 2.90. The highest BCUT2D eigenvalue weighted by Crippen LogP contribution is 2.37. The fourth-order valence-corrected chi connectivity index (χ4v) is 2.92. The molecule has 5 nitrogen and oxygen atoms in total. The molecule has 3 N–H and O–H groups in total. The van der Waals surface area contributed by atoms with Crippen LogP contribution in [0.15, 0.2) is 0 Å². The Kier molecular flexibility index (Phi) is 4.96. The van der Waals surface area contributed by atoms with Gasteiger partial charge < -0.3 is 15.7 Å². The predicted molar refractivity (Wildman–Crippen MR) is 73.6 cm³/mol. The standard InChI is InChI=1S/C14H26N2O3/c1-4-13(5-2,9-15)11(17)16-8-7-14(6-3,10-16)12(18)19/h4-10,15H2,1-3H3,(H,18,19). The quantitative estimate of drug-likeness (QED) is 0.765. The predicted octanol–water partition coefficient (Wildman–Crippen LogP) is 1.46. The zero-order chi connectivity index (χ0) is 14.7. The fraction of sp³-hybridized carbons (Fsp3) is 0.857. The van der Waals surface area contributed by atoms with Crippen LogP contribution in [-0.2, 0) is 9.59 Å². The lowest BCUT2D eigenvalue weighted by molar-refractivity contribution is -0.149. The van der Waals surface area contributed by atoms with Crippen LogP contribution in [0.4, 0.5) is 0 Å². The topological polar surface area (TPSA) is 83.6 Å². The van der Waals surface area contributed by atoms with Gasteiger partial charge in [-0.1, -0.05) is 20.8 Å². The molecule has 1 rings (SSSR count). The number of likely N-dealkylation sites (tertiary alicyclic amines) is 1. The van der Waals surface area contributed by atoms with E-state index in [0.29, 0.717) is 45.3 Å². The second-order valence-electron chi connectivity index (χ2n) is 5.61. The summed E-state index contributed by atoms with van der Waals surface area (Å²) in [7, 11) is 0. The van der Waals surface area contributed by atoms with Gasteiger partial charge in [0.2, 0.25) is 5.91 Å². The van der Waals surface area contributed by atoms with Crippen LogP contribution in [0.3, 0.4) is 0 Å². The Morgan fingerprint density at radius 2 is 1.89 bits per heavy atom. The second-order valence-corrected chi connectivity index (χ2v) is 5.61. The minimum absolute atomic E-state index is 0.0246. The summed E-state index contributed by atoms with van der Waals surface area (Å²) in [6.07, 6.45) is 2.49. The average molecular weight is 270 g/mol. The number of hydrogen-bond acceptors (Lipinski definition) is 3. The maximum atomic E-state index is 12.6. The number of hydrogen-bond donors (Lipinski definition) is 2. The van der Waals surface area contributed by atoms with Crippen molar-refractivity contribution in [3.63, 3.8) is 0 Å². The van der Waals surface area contributed by atoms with Crippen molar-refractivity contribution in [2.75, 3.05) is 19.6 Å². The third-order valence-electron chi connectivity index (χ3n) is 4.97. The average Bonchev–Trinajstić information content (AvgIpc) is 2.87. The van der Waals surface area contributed by atoms with Gasteiger partial charge in [0.15, 0.2) is 0 Å². The number of carboxylic acids is 1. The Morgan fingerprint density at radius 3 is 2.21 bits per heavy atom. The first kappa shape index (κ1) is 16.0. The molecule has 1 unspecified atom stereocenters. The molecule has 1 atom stereocenters. The summed E-state index contributed by atoms with van der Waals surface area (Å²) in [5.41, 5.74) is 4.50. The molecular formula is C14H26N2O3. The van der Waals surface area contributed by atoms with Crippen LogP contribution in [0.1, 0.15) is 46.5 Å². The Labute approximate surface area is 115 Å². The summed E-state index contributed by atoms with van der Waals surface area (Å²) in [5.74, 6) is -0.770. The lowest BCUT2D eigenvalue weighted by atomic mass is 9.80. The van der Waals surface area contributed by atoms with E-state index in [4.69, 9.17) is 5.73 Å². The monoisotopic (exact) mass is 270 g/mol. The number of carbonyl (C=O) groups excluding carboxylic acids is 1. The summed E-state index contributed by atoms with van der Waals surface area (Å²) < 4.78 is 0. The summed E-state index contributed by atoms with van der Waals surface area (Å²) in [4.78, 5) is 25.8. The molecule has 0 aromatic carbocycles. The van der Waals surface area contributed by atoms with Crippen molar-refractivity contribution < 1.29 is 14.7 Å². The molecule has 1 aliphatic heterocycles. The lowest BCUT2D eigenvalue weighted by Gasteiger charge is -2.34. The number of nitrogens with two attached hydrogens (primary N) is 1. The van der Waals surface area contributed by atoms with Crippen LogP contribution < -0.4 is 5.73 Å². The van der Waals surface area contributed by atoms with Crippen molar-refractivity contribution in [1.29, 1.82) is 0 Å². The molecule has 0 radical (unpaired) electrons.